The van der Waals surface area contributed by atoms with Gasteiger partial charge in [-0.05, 0) is 103 Å². The normalized spacial score (nSPS) is 13.2. The molecule has 0 radical (unpaired) electrons. The molecule has 0 unspecified atom stereocenters. The van der Waals surface area contributed by atoms with E-state index in [1.165, 1.54) is 66.1 Å². The van der Waals surface area contributed by atoms with E-state index in [0.717, 1.165) is 49.8 Å². The smallest absolute Gasteiger partial charge is 0.235 e. The molecule has 0 atom stereocenters. The third kappa shape index (κ3) is 5.77. The second-order valence-electron chi connectivity index (χ2n) is 17.8. The molecule has 13 rings (SSSR count). The summed E-state index contributed by atoms with van der Waals surface area (Å²) in [7, 11) is 0. The molecule has 0 aliphatic carbocycles. The molecule has 4 heteroatoms. The van der Waals surface area contributed by atoms with Crippen molar-refractivity contribution in [1.29, 1.82) is 0 Å². The Balaban J connectivity index is 0.996. The molecule has 0 spiro atoms. The summed E-state index contributed by atoms with van der Waals surface area (Å²) >= 11 is 0. The van der Waals surface area contributed by atoms with Crippen LogP contribution in [-0.4, -0.2) is 14.5 Å². The van der Waals surface area contributed by atoms with Gasteiger partial charge in [0.2, 0.25) is 5.95 Å². The number of aromatic nitrogens is 3. The molecule has 2 aromatic heterocycles. The first-order valence-electron chi connectivity index (χ1n) is 22.4. The first-order chi connectivity index (χ1) is 32.0. The Morgan fingerprint density at radius 2 is 1.02 bits per heavy atom. The van der Waals surface area contributed by atoms with Crippen molar-refractivity contribution < 1.29 is 0 Å². The zero-order chi connectivity index (χ0) is 43.2. The summed E-state index contributed by atoms with van der Waals surface area (Å²) in [5, 5.41) is 8.26. The van der Waals surface area contributed by atoms with Gasteiger partial charge in [-0.2, -0.15) is 0 Å². The van der Waals surface area contributed by atoms with Crippen LogP contribution in [0.25, 0.3) is 93.7 Å². The first kappa shape index (κ1) is 37.2. The van der Waals surface area contributed by atoms with Gasteiger partial charge in [0, 0.05) is 32.8 Å². The highest BCUT2D eigenvalue weighted by Gasteiger charge is 2.37. The Labute approximate surface area is 377 Å². The minimum absolute atomic E-state index is 0.177. The molecule has 10 aromatic carbocycles. The summed E-state index contributed by atoms with van der Waals surface area (Å²) in [5.74, 6) is 0.646. The van der Waals surface area contributed by atoms with Crippen molar-refractivity contribution in [3.8, 4) is 39.5 Å². The standard InChI is InChI=1S/C61H42N4/c1-61(2)51-24-11-13-26-55(51)64(45-18-4-3-5-19-45)57-38-44(31-34-52(57)61)43-33-35-54-50(37-43)58-48-21-9-7-16-40(48)32-36-56(58)65(54)60-62-53-25-12-10-22-49(53)59(63-60)42-29-27-41(28-30-42)47-23-14-17-39-15-6-8-20-46(39)47/h3-38H,1-2H3. The fourth-order valence-corrected chi connectivity index (χ4v) is 10.6. The van der Waals surface area contributed by atoms with Crippen LogP contribution in [-0.2, 0) is 5.41 Å². The molecule has 0 bridgehead atoms. The maximum Gasteiger partial charge on any atom is 0.235 e. The molecule has 1 aliphatic heterocycles. The van der Waals surface area contributed by atoms with E-state index in [0.29, 0.717) is 5.95 Å². The van der Waals surface area contributed by atoms with Crippen molar-refractivity contribution >= 4 is 71.3 Å². The minimum Gasteiger partial charge on any atom is -0.310 e. The monoisotopic (exact) mass is 830 g/mol. The van der Waals surface area contributed by atoms with Crippen LogP contribution in [0.15, 0.2) is 218 Å². The number of anilines is 3. The summed E-state index contributed by atoms with van der Waals surface area (Å²) in [6.07, 6.45) is 0. The van der Waals surface area contributed by atoms with Gasteiger partial charge in [0.15, 0.2) is 0 Å². The number of fused-ring (bicyclic) bond motifs is 9. The molecule has 1 aliphatic rings. The largest absolute Gasteiger partial charge is 0.310 e. The van der Waals surface area contributed by atoms with Crippen LogP contribution >= 0.6 is 0 Å². The molecular weight excluding hydrogens is 789 g/mol. The zero-order valence-electron chi connectivity index (χ0n) is 36.1. The van der Waals surface area contributed by atoms with Crippen LogP contribution in [0.2, 0.25) is 0 Å². The molecule has 4 nitrogen and oxygen atoms in total. The number of para-hydroxylation sites is 3. The number of nitrogens with zero attached hydrogens (tertiary/aromatic N) is 4. The van der Waals surface area contributed by atoms with Crippen molar-refractivity contribution in [1.82, 2.24) is 14.5 Å². The lowest BCUT2D eigenvalue weighted by molar-refractivity contribution is 0.632. The first-order valence-corrected chi connectivity index (χ1v) is 22.4. The summed E-state index contributed by atoms with van der Waals surface area (Å²) < 4.78 is 2.27. The molecule has 65 heavy (non-hydrogen) atoms. The van der Waals surface area contributed by atoms with E-state index in [1.54, 1.807) is 0 Å². The number of hydrogen-bond donors (Lipinski definition) is 0. The van der Waals surface area contributed by atoms with Crippen molar-refractivity contribution in [2.45, 2.75) is 19.3 Å². The average molecular weight is 831 g/mol. The Hall–Kier alpha value is -8.34. The van der Waals surface area contributed by atoms with Crippen LogP contribution in [0.1, 0.15) is 25.0 Å². The minimum atomic E-state index is -0.177. The summed E-state index contributed by atoms with van der Waals surface area (Å²) in [6, 6.07) is 79.1. The molecule has 0 saturated heterocycles. The van der Waals surface area contributed by atoms with Gasteiger partial charge in [-0.15, -0.1) is 0 Å². The van der Waals surface area contributed by atoms with Gasteiger partial charge in [-0.3, -0.25) is 4.57 Å². The van der Waals surface area contributed by atoms with Gasteiger partial charge in [0.1, 0.15) is 0 Å². The third-order valence-electron chi connectivity index (χ3n) is 13.8. The van der Waals surface area contributed by atoms with Gasteiger partial charge in [0.25, 0.3) is 0 Å². The van der Waals surface area contributed by atoms with Crippen molar-refractivity contribution in [2.24, 2.45) is 0 Å². The van der Waals surface area contributed by atoms with Crippen LogP contribution < -0.4 is 4.90 Å². The highest BCUT2D eigenvalue weighted by atomic mass is 15.2. The lowest BCUT2D eigenvalue weighted by Crippen LogP contribution is -2.30. The summed E-state index contributed by atoms with van der Waals surface area (Å²) in [4.78, 5) is 13.3. The molecule has 3 heterocycles. The maximum atomic E-state index is 5.49. The Bertz CT molecular complexity index is 3860. The van der Waals surface area contributed by atoms with E-state index in [-0.39, 0.29) is 5.41 Å². The number of rotatable bonds is 5. The van der Waals surface area contributed by atoms with Crippen molar-refractivity contribution in [2.75, 3.05) is 4.90 Å². The Morgan fingerprint density at radius 1 is 0.400 bits per heavy atom. The maximum absolute atomic E-state index is 5.49. The average Bonchev–Trinajstić information content (AvgIpc) is 3.70. The van der Waals surface area contributed by atoms with Crippen molar-refractivity contribution in [3.63, 3.8) is 0 Å². The Morgan fingerprint density at radius 3 is 1.86 bits per heavy atom. The SMILES string of the molecule is CC1(C)c2ccccc2N(c2ccccc2)c2cc(-c3ccc4c(c3)c3c5ccccc5ccc3n4-c3nc(-c4ccc(-c5cccc6ccccc56)cc4)c4ccccc4n3)ccc21. The van der Waals surface area contributed by atoms with Crippen LogP contribution in [0, 0.1) is 0 Å². The molecule has 306 valence electrons. The number of benzene rings is 10. The third-order valence-corrected chi connectivity index (χ3v) is 13.8. The van der Waals surface area contributed by atoms with Gasteiger partial charge in [-0.25, -0.2) is 9.97 Å². The highest BCUT2D eigenvalue weighted by molar-refractivity contribution is 6.22. The molecule has 12 aromatic rings. The second kappa shape index (κ2) is 14.3. The van der Waals surface area contributed by atoms with E-state index in [2.05, 4.69) is 242 Å². The van der Waals surface area contributed by atoms with E-state index in [1.807, 2.05) is 0 Å². The fourth-order valence-electron chi connectivity index (χ4n) is 10.6. The molecular formula is C61H42N4. The lowest BCUT2D eigenvalue weighted by Gasteiger charge is -2.42. The van der Waals surface area contributed by atoms with E-state index >= 15 is 0 Å². The molecule has 0 N–H and O–H groups in total. The predicted molar refractivity (Wildman–Crippen MR) is 272 cm³/mol. The fraction of sp³-hybridized carbons (Fsp3) is 0.0492. The summed E-state index contributed by atoms with van der Waals surface area (Å²) in [5.41, 5.74) is 15.7. The molecule has 0 amide bonds. The van der Waals surface area contributed by atoms with Gasteiger partial charge in [0.05, 0.1) is 33.6 Å². The van der Waals surface area contributed by atoms with Crippen LogP contribution in [0.4, 0.5) is 17.1 Å². The topological polar surface area (TPSA) is 34.0 Å². The lowest BCUT2D eigenvalue weighted by atomic mass is 9.73. The molecule has 0 fully saturated rings. The number of hydrogen-bond acceptors (Lipinski definition) is 3. The van der Waals surface area contributed by atoms with E-state index in [9.17, 15) is 0 Å². The zero-order valence-corrected chi connectivity index (χ0v) is 36.1. The van der Waals surface area contributed by atoms with E-state index in [4.69, 9.17) is 9.97 Å². The van der Waals surface area contributed by atoms with Gasteiger partial charge < -0.3 is 4.90 Å². The highest BCUT2D eigenvalue weighted by Crippen LogP contribution is 2.53. The van der Waals surface area contributed by atoms with Crippen molar-refractivity contribution in [3.05, 3.63) is 230 Å². The molecule has 0 saturated carbocycles. The van der Waals surface area contributed by atoms with E-state index < -0.39 is 0 Å². The van der Waals surface area contributed by atoms with Crippen LogP contribution in [0.5, 0.6) is 0 Å². The predicted octanol–water partition coefficient (Wildman–Crippen LogP) is 16.1. The quantitative estimate of drug-likeness (QED) is 0.173. The van der Waals surface area contributed by atoms with Crippen LogP contribution in [0.3, 0.4) is 0 Å². The van der Waals surface area contributed by atoms with Gasteiger partial charge >= 0.3 is 0 Å². The Kier molecular flexibility index (Phi) is 8.22. The summed E-state index contributed by atoms with van der Waals surface area (Å²) in [6.45, 7) is 4.70. The second-order valence-corrected chi connectivity index (χ2v) is 17.8. The van der Waals surface area contributed by atoms with Gasteiger partial charge in [-0.1, -0.05) is 184 Å².